The Labute approximate surface area is 147 Å². The molecule has 25 heavy (non-hydrogen) atoms. The summed E-state index contributed by atoms with van der Waals surface area (Å²) in [7, 11) is 1.48. The molecule has 0 spiro atoms. The predicted octanol–water partition coefficient (Wildman–Crippen LogP) is 3.72. The number of fused-ring (bicyclic) bond motifs is 1. The van der Waals surface area contributed by atoms with E-state index in [1.807, 2.05) is 13.0 Å². The van der Waals surface area contributed by atoms with Crippen LogP contribution in [0.15, 0.2) is 54.2 Å². The first-order chi connectivity index (χ1) is 11.8. The van der Waals surface area contributed by atoms with Gasteiger partial charge in [0.25, 0.3) is 0 Å². The molecule has 4 nitrogen and oxygen atoms in total. The van der Waals surface area contributed by atoms with Gasteiger partial charge in [0.15, 0.2) is 23.1 Å². The molecule has 1 aromatic carbocycles. The van der Waals surface area contributed by atoms with E-state index in [1.165, 1.54) is 13.2 Å². The monoisotopic (exact) mass is 338 g/mol. The lowest BCUT2D eigenvalue weighted by Crippen LogP contribution is -2.49. The molecular weight excluding hydrogens is 316 g/mol. The molecule has 1 N–H and O–H groups in total. The number of rotatable bonds is 3. The van der Waals surface area contributed by atoms with E-state index in [4.69, 9.17) is 4.74 Å². The van der Waals surface area contributed by atoms with E-state index < -0.39 is 11.3 Å². The summed E-state index contributed by atoms with van der Waals surface area (Å²) in [6, 6.07) is 5.06. The van der Waals surface area contributed by atoms with Crippen LogP contribution in [0.2, 0.25) is 0 Å². The molecule has 0 amide bonds. The molecule has 0 bridgehead atoms. The van der Waals surface area contributed by atoms with Crippen molar-refractivity contribution in [2.75, 3.05) is 7.11 Å². The van der Waals surface area contributed by atoms with Crippen molar-refractivity contribution in [3.63, 3.8) is 0 Å². The van der Waals surface area contributed by atoms with Crippen molar-refractivity contribution in [1.82, 2.24) is 0 Å². The lowest BCUT2D eigenvalue weighted by atomic mass is 9.53. The first-order valence-corrected chi connectivity index (χ1v) is 8.31. The maximum absolute atomic E-state index is 13.0. The van der Waals surface area contributed by atoms with Gasteiger partial charge in [0.2, 0.25) is 0 Å². The van der Waals surface area contributed by atoms with Crippen LogP contribution < -0.4 is 4.74 Å². The highest BCUT2D eigenvalue weighted by molar-refractivity contribution is 6.13. The molecule has 0 radical (unpaired) electrons. The molecule has 0 heterocycles. The Bertz CT molecular complexity index is 830. The minimum Gasteiger partial charge on any atom is -0.504 e. The Kier molecular flexibility index (Phi) is 4.15. The predicted molar refractivity (Wildman–Crippen MR) is 95.7 cm³/mol. The topological polar surface area (TPSA) is 63.6 Å². The molecule has 130 valence electrons. The minimum atomic E-state index is -0.878. The highest BCUT2D eigenvalue weighted by Gasteiger charge is 2.54. The fourth-order valence-electron chi connectivity index (χ4n) is 4.17. The fraction of sp³-hybridized carbons (Fsp3) is 0.333. The molecule has 0 saturated heterocycles. The number of ether oxygens (including phenoxy) is 1. The summed E-state index contributed by atoms with van der Waals surface area (Å²) in [6.45, 7) is 7.45. The number of benzene rings is 1. The van der Waals surface area contributed by atoms with Crippen LogP contribution in [0, 0.1) is 11.3 Å². The van der Waals surface area contributed by atoms with Gasteiger partial charge in [0.1, 0.15) is 0 Å². The number of aromatic hydroxyl groups is 1. The molecule has 2 aliphatic rings. The summed E-state index contributed by atoms with van der Waals surface area (Å²) < 4.78 is 5.22. The van der Waals surface area contributed by atoms with Crippen LogP contribution in [0.4, 0.5) is 0 Å². The minimum absolute atomic E-state index is 0.0252. The van der Waals surface area contributed by atoms with E-state index in [-0.39, 0.29) is 23.2 Å². The Hall–Kier alpha value is -2.62. The molecule has 0 saturated carbocycles. The van der Waals surface area contributed by atoms with Crippen LogP contribution in [0.3, 0.4) is 0 Å². The molecule has 0 aliphatic heterocycles. The van der Waals surface area contributed by atoms with E-state index in [1.54, 1.807) is 31.2 Å². The first-order valence-electron chi connectivity index (χ1n) is 8.31. The quantitative estimate of drug-likeness (QED) is 0.912. The van der Waals surface area contributed by atoms with Gasteiger partial charge in [-0.15, -0.1) is 0 Å². The average Bonchev–Trinajstić information content (AvgIpc) is 2.60. The second kappa shape index (κ2) is 6.03. The summed E-state index contributed by atoms with van der Waals surface area (Å²) in [4.78, 5) is 25.7. The number of hydrogen-bond donors (Lipinski definition) is 1. The molecule has 0 unspecified atom stereocenters. The largest absolute Gasteiger partial charge is 0.504 e. The van der Waals surface area contributed by atoms with Crippen LogP contribution in [-0.4, -0.2) is 23.8 Å². The number of carbonyl (C=O) groups excluding carboxylic acids is 2. The summed E-state index contributed by atoms with van der Waals surface area (Å²) in [6.07, 6.45) is 5.73. The van der Waals surface area contributed by atoms with Gasteiger partial charge in [-0.1, -0.05) is 31.7 Å². The smallest absolute Gasteiger partial charge is 0.163 e. The summed E-state index contributed by atoms with van der Waals surface area (Å²) in [5.41, 5.74) is 1.38. The molecule has 4 heteroatoms. The molecule has 2 aliphatic carbocycles. The third kappa shape index (κ3) is 2.44. The summed E-state index contributed by atoms with van der Waals surface area (Å²) in [5.74, 6) is -0.350. The van der Waals surface area contributed by atoms with Crippen molar-refractivity contribution >= 4 is 11.6 Å². The third-order valence-corrected chi connectivity index (χ3v) is 5.60. The number of carbonyl (C=O) groups is 2. The van der Waals surface area contributed by atoms with E-state index in [2.05, 4.69) is 6.58 Å². The molecule has 0 fully saturated rings. The van der Waals surface area contributed by atoms with Crippen molar-refractivity contribution < 1.29 is 19.4 Å². The van der Waals surface area contributed by atoms with E-state index in [0.29, 0.717) is 17.7 Å². The maximum Gasteiger partial charge on any atom is 0.163 e. The molecule has 3 atom stereocenters. The SMILES string of the molecule is C=CC1=CC[C@H]2C(=O)C(C)=CC(=O)[C@@]2(C)[C@H]1c1ccc(O)c(OC)c1. The second-order valence-corrected chi connectivity index (χ2v) is 6.90. The van der Waals surface area contributed by atoms with E-state index >= 15 is 0 Å². The molecule has 3 rings (SSSR count). The highest BCUT2D eigenvalue weighted by Crippen LogP contribution is 2.55. The molecule has 1 aromatic rings. The van der Waals surface area contributed by atoms with Gasteiger partial charge in [-0.25, -0.2) is 0 Å². The number of hydrogen-bond acceptors (Lipinski definition) is 4. The van der Waals surface area contributed by atoms with Crippen LogP contribution in [0.5, 0.6) is 11.5 Å². The maximum atomic E-state index is 13.0. The normalized spacial score (nSPS) is 28.8. The van der Waals surface area contributed by atoms with Crippen molar-refractivity contribution in [3.8, 4) is 11.5 Å². The lowest BCUT2D eigenvalue weighted by molar-refractivity contribution is -0.137. The number of phenols is 1. The molecular formula is C21H22O4. The van der Waals surface area contributed by atoms with Crippen molar-refractivity contribution in [1.29, 1.82) is 0 Å². The number of ketones is 2. The lowest BCUT2D eigenvalue weighted by Gasteiger charge is -2.47. The van der Waals surface area contributed by atoms with Crippen LogP contribution >= 0.6 is 0 Å². The average molecular weight is 338 g/mol. The Morgan fingerprint density at radius 2 is 2.08 bits per heavy atom. The van der Waals surface area contributed by atoms with Gasteiger partial charge in [-0.3, -0.25) is 9.59 Å². The summed E-state index contributed by atoms with van der Waals surface area (Å²) in [5, 5.41) is 9.89. The van der Waals surface area contributed by atoms with Gasteiger partial charge in [0, 0.05) is 11.8 Å². The van der Waals surface area contributed by atoms with Crippen molar-refractivity contribution in [2.45, 2.75) is 26.2 Å². The Balaban J connectivity index is 2.22. The zero-order valence-corrected chi connectivity index (χ0v) is 14.7. The first kappa shape index (κ1) is 17.2. The summed E-state index contributed by atoms with van der Waals surface area (Å²) >= 11 is 0. The van der Waals surface area contributed by atoms with Gasteiger partial charge in [0.05, 0.1) is 12.5 Å². The highest BCUT2D eigenvalue weighted by atomic mass is 16.5. The Morgan fingerprint density at radius 1 is 1.36 bits per heavy atom. The number of phenolic OH excluding ortho intramolecular Hbond substituents is 1. The van der Waals surface area contributed by atoms with Crippen molar-refractivity contribution in [3.05, 3.63) is 59.7 Å². The van der Waals surface area contributed by atoms with Gasteiger partial charge in [-0.2, -0.15) is 0 Å². The number of Topliss-reactive ketones (excluding diaryl/α,β-unsaturated/α-hetero) is 1. The number of allylic oxidation sites excluding steroid dienone is 5. The number of methoxy groups -OCH3 is 1. The Morgan fingerprint density at radius 3 is 2.72 bits per heavy atom. The van der Waals surface area contributed by atoms with E-state index in [9.17, 15) is 14.7 Å². The van der Waals surface area contributed by atoms with Gasteiger partial charge < -0.3 is 9.84 Å². The van der Waals surface area contributed by atoms with Gasteiger partial charge in [-0.05, 0) is 48.3 Å². The van der Waals surface area contributed by atoms with Crippen LogP contribution in [0.25, 0.3) is 0 Å². The third-order valence-electron chi connectivity index (χ3n) is 5.60. The second-order valence-electron chi connectivity index (χ2n) is 6.90. The zero-order valence-electron chi connectivity index (χ0n) is 14.7. The van der Waals surface area contributed by atoms with Crippen molar-refractivity contribution in [2.24, 2.45) is 11.3 Å². The van der Waals surface area contributed by atoms with Crippen LogP contribution in [-0.2, 0) is 9.59 Å². The van der Waals surface area contributed by atoms with E-state index in [0.717, 1.165) is 11.1 Å². The molecule has 0 aromatic heterocycles. The van der Waals surface area contributed by atoms with Crippen LogP contribution in [0.1, 0.15) is 31.7 Å². The fourth-order valence-corrected chi connectivity index (χ4v) is 4.17. The standard InChI is InChI=1S/C21H22O4/c1-5-13-6-8-15-20(24)12(2)10-18(23)21(15,3)19(13)14-7-9-16(22)17(11-14)25-4/h5-7,9-11,15,19,22H,1,8H2,2-4H3/t15-,19+,21-/m0/s1. The zero-order chi connectivity index (χ0) is 18.4. The van der Waals surface area contributed by atoms with Gasteiger partial charge >= 0.3 is 0 Å².